The van der Waals surface area contributed by atoms with E-state index in [1.54, 1.807) is 6.07 Å². The van der Waals surface area contributed by atoms with Gasteiger partial charge in [-0.25, -0.2) is 4.39 Å². The first-order valence-corrected chi connectivity index (χ1v) is 7.08. The molecule has 0 amide bonds. The number of anilines is 1. The number of hydrogen-bond acceptors (Lipinski definition) is 5. The third-order valence-electron chi connectivity index (χ3n) is 3.01. The van der Waals surface area contributed by atoms with Crippen molar-refractivity contribution in [1.29, 1.82) is 0 Å². The number of aromatic nitrogens is 3. The van der Waals surface area contributed by atoms with Gasteiger partial charge in [-0.3, -0.25) is 0 Å². The highest BCUT2D eigenvalue weighted by molar-refractivity contribution is 6.30. The van der Waals surface area contributed by atoms with E-state index in [1.807, 2.05) is 4.90 Å². The van der Waals surface area contributed by atoms with Crippen LogP contribution in [0.2, 0.25) is 10.3 Å². The number of benzene rings is 1. The molecule has 1 aliphatic heterocycles. The van der Waals surface area contributed by atoms with Crippen molar-refractivity contribution in [2.45, 2.75) is 0 Å². The molecule has 0 atom stereocenters. The molecule has 2 heterocycles. The van der Waals surface area contributed by atoms with Crippen molar-refractivity contribution in [3.63, 3.8) is 0 Å². The third-order valence-corrected chi connectivity index (χ3v) is 3.40. The summed E-state index contributed by atoms with van der Waals surface area (Å²) in [4.78, 5) is 14.4. The van der Waals surface area contributed by atoms with Gasteiger partial charge in [-0.15, -0.1) is 0 Å². The number of rotatable bonds is 2. The smallest absolute Gasteiger partial charge is 0.230 e. The zero-order chi connectivity index (χ0) is 14.8. The molecule has 0 saturated carbocycles. The van der Waals surface area contributed by atoms with Crippen molar-refractivity contribution in [3.8, 4) is 11.4 Å². The minimum absolute atomic E-state index is 0.0573. The Morgan fingerprint density at radius 3 is 2.52 bits per heavy atom. The second-order valence-corrected chi connectivity index (χ2v) is 5.26. The Kier molecular flexibility index (Phi) is 4.19. The molecule has 0 aliphatic carbocycles. The predicted molar refractivity (Wildman–Crippen MR) is 78.3 cm³/mol. The van der Waals surface area contributed by atoms with Gasteiger partial charge in [0.1, 0.15) is 5.82 Å². The third kappa shape index (κ3) is 3.40. The molecule has 3 rings (SSSR count). The topological polar surface area (TPSA) is 51.1 Å². The van der Waals surface area contributed by atoms with Crippen molar-refractivity contribution >= 4 is 29.2 Å². The maximum absolute atomic E-state index is 13.5. The van der Waals surface area contributed by atoms with Gasteiger partial charge >= 0.3 is 0 Å². The highest BCUT2D eigenvalue weighted by atomic mass is 35.5. The van der Waals surface area contributed by atoms with Crippen LogP contribution in [0.1, 0.15) is 0 Å². The Hall–Kier alpha value is -1.50. The van der Waals surface area contributed by atoms with Crippen molar-refractivity contribution in [2.75, 3.05) is 31.2 Å². The highest BCUT2D eigenvalue weighted by Crippen LogP contribution is 2.24. The van der Waals surface area contributed by atoms with E-state index in [2.05, 4.69) is 15.0 Å². The minimum Gasteiger partial charge on any atom is -0.378 e. The molecule has 2 aromatic rings. The Morgan fingerprint density at radius 2 is 1.81 bits per heavy atom. The molecule has 1 aromatic heterocycles. The van der Waals surface area contributed by atoms with Gasteiger partial charge in [0.15, 0.2) is 5.82 Å². The van der Waals surface area contributed by atoms with Gasteiger partial charge in [0.05, 0.1) is 13.2 Å². The molecule has 8 heteroatoms. The van der Waals surface area contributed by atoms with Crippen LogP contribution in [0.4, 0.5) is 10.3 Å². The van der Waals surface area contributed by atoms with Crippen molar-refractivity contribution < 1.29 is 9.13 Å². The Morgan fingerprint density at radius 1 is 1.05 bits per heavy atom. The van der Waals surface area contributed by atoms with Crippen molar-refractivity contribution in [2.24, 2.45) is 0 Å². The molecule has 1 fully saturated rings. The van der Waals surface area contributed by atoms with E-state index in [0.29, 0.717) is 37.8 Å². The zero-order valence-electron chi connectivity index (χ0n) is 10.9. The zero-order valence-corrected chi connectivity index (χ0v) is 12.4. The SMILES string of the molecule is Fc1cc(Cl)cc(-c2nc(Cl)nc(N3CCOCC3)n2)c1. The van der Waals surface area contributed by atoms with Crippen LogP contribution in [0.15, 0.2) is 18.2 Å². The van der Waals surface area contributed by atoms with E-state index >= 15 is 0 Å². The van der Waals surface area contributed by atoms with Crippen LogP contribution in [0.25, 0.3) is 11.4 Å². The lowest BCUT2D eigenvalue weighted by atomic mass is 10.2. The summed E-state index contributed by atoms with van der Waals surface area (Å²) >= 11 is 11.8. The van der Waals surface area contributed by atoms with Crippen LogP contribution in [-0.4, -0.2) is 41.3 Å². The monoisotopic (exact) mass is 328 g/mol. The van der Waals surface area contributed by atoms with Crippen molar-refractivity contribution in [1.82, 2.24) is 15.0 Å². The van der Waals surface area contributed by atoms with Gasteiger partial charge in [-0.2, -0.15) is 15.0 Å². The van der Waals surface area contributed by atoms with Gasteiger partial charge in [0.2, 0.25) is 11.2 Å². The Balaban J connectivity index is 2.00. The summed E-state index contributed by atoms with van der Waals surface area (Å²) < 4.78 is 18.7. The van der Waals surface area contributed by atoms with Gasteiger partial charge in [-0.05, 0) is 29.8 Å². The summed E-state index contributed by atoms with van der Waals surface area (Å²) in [6.07, 6.45) is 0. The average Bonchev–Trinajstić information content (AvgIpc) is 2.46. The Labute approximate surface area is 130 Å². The number of ether oxygens (including phenoxy) is 1. The highest BCUT2D eigenvalue weighted by Gasteiger charge is 2.17. The molecule has 0 unspecified atom stereocenters. The minimum atomic E-state index is -0.457. The predicted octanol–water partition coefficient (Wildman–Crippen LogP) is 2.82. The maximum atomic E-state index is 13.5. The average molecular weight is 329 g/mol. The maximum Gasteiger partial charge on any atom is 0.230 e. The summed E-state index contributed by atoms with van der Waals surface area (Å²) in [6, 6.07) is 4.11. The fourth-order valence-electron chi connectivity index (χ4n) is 2.06. The largest absolute Gasteiger partial charge is 0.378 e. The lowest BCUT2D eigenvalue weighted by Gasteiger charge is -2.26. The van der Waals surface area contributed by atoms with E-state index in [4.69, 9.17) is 27.9 Å². The fourth-order valence-corrected chi connectivity index (χ4v) is 2.43. The second-order valence-electron chi connectivity index (χ2n) is 4.49. The first-order chi connectivity index (χ1) is 10.1. The molecule has 5 nitrogen and oxygen atoms in total. The quantitative estimate of drug-likeness (QED) is 0.848. The van der Waals surface area contributed by atoms with Gasteiger partial charge < -0.3 is 9.64 Å². The first kappa shape index (κ1) is 14.4. The molecule has 0 bridgehead atoms. The molecule has 1 aliphatic rings. The van der Waals surface area contributed by atoms with Crippen LogP contribution in [0, 0.1) is 5.82 Å². The summed E-state index contributed by atoms with van der Waals surface area (Å²) in [5.41, 5.74) is 0.457. The van der Waals surface area contributed by atoms with Crippen LogP contribution in [0.3, 0.4) is 0 Å². The van der Waals surface area contributed by atoms with Gasteiger partial charge in [0.25, 0.3) is 0 Å². The van der Waals surface area contributed by atoms with Crippen LogP contribution >= 0.6 is 23.2 Å². The summed E-state index contributed by atoms with van der Waals surface area (Å²) in [7, 11) is 0. The fraction of sp³-hybridized carbons (Fsp3) is 0.308. The molecule has 21 heavy (non-hydrogen) atoms. The number of halogens is 3. The van der Waals surface area contributed by atoms with Crippen LogP contribution < -0.4 is 4.90 Å². The Bertz CT molecular complexity index is 644. The lowest BCUT2D eigenvalue weighted by Crippen LogP contribution is -2.37. The molecular weight excluding hydrogens is 318 g/mol. The van der Waals surface area contributed by atoms with E-state index in [9.17, 15) is 4.39 Å². The standard InChI is InChI=1S/C13H11Cl2FN4O/c14-9-5-8(6-10(16)7-9)11-17-12(15)19-13(18-11)20-1-3-21-4-2-20/h5-7H,1-4H2. The normalized spacial score (nSPS) is 15.3. The van der Waals surface area contributed by atoms with E-state index < -0.39 is 5.82 Å². The molecule has 0 spiro atoms. The number of nitrogens with zero attached hydrogens (tertiary/aromatic N) is 4. The van der Waals surface area contributed by atoms with Crippen LogP contribution in [0.5, 0.6) is 0 Å². The number of hydrogen-bond donors (Lipinski definition) is 0. The van der Waals surface area contributed by atoms with Crippen LogP contribution in [-0.2, 0) is 4.74 Å². The molecule has 1 aromatic carbocycles. The van der Waals surface area contributed by atoms with Gasteiger partial charge in [-0.1, -0.05) is 11.6 Å². The first-order valence-electron chi connectivity index (χ1n) is 6.32. The lowest BCUT2D eigenvalue weighted by molar-refractivity contribution is 0.122. The van der Waals surface area contributed by atoms with E-state index in [0.717, 1.165) is 0 Å². The second kappa shape index (κ2) is 6.09. The summed E-state index contributed by atoms with van der Waals surface area (Å²) in [5, 5.41) is 0.330. The molecule has 1 saturated heterocycles. The van der Waals surface area contributed by atoms with Gasteiger partial charge in [0, 0.05) is 23.7 Å². The molecule has 0 N–H and O–H groups in total. The van der Waals surface area contributed by atoms with Crippen molar-refractivity contribution in [3.05, 3.63) is 34.3 Å². The molecule has 110 valence electrons. The number of morpholine rings is 1. The molecule has 0 radical (unpaired) electrons. The van der Waals surface area contributed by atoms with E-state index in [1.165, 1.54) is 12.1 Å². The molecular formula is C13H11Cl2FN4O. The summed E-state index contributed by atoms with van der Waals surface area (Å²) in [5.74, 6) is 0.286. The van der Waals surface area contributed by atoms with E-state index in [-0.39, 0.29) is 16.1 Å². The summed E-state index contributed by atoms with van der Waals surface area (Å²) in [6.45, 7) is 2.54.